The lowest BCUT2D eigenvalue weighted by Gasteiger charge is -2.25. The molecular formula is C20H21F2N5O3. The van der Waals surface area contributed by atoms with E-state index in [9.17, 15) is 19.0 Å². The number of halogens is 2. The molecule has 0 spiro atoms. The Balaban J connectivity index is 1.46. The number of aliphatic hydroxyl groups is 2. The van der Waals surface area contributed by atoms with Crippen molar-refractivity contribution in [3.8, 4) is 5.75 Å². The molecule has 1 aromatic carbocycles. The van der Waals surface area contributed by atoms with E-state index in [1.165, 1.54) is 6.33 Å². The fourth-order valence-corrected chi connectivity index (χ4v) is 4.46. The second kappa shape index (κ2) is 7.15. The van der Waals surface area contributed by atoms with E-state index in [0.717, 1.165) is 6.07 Å². The maximum atomic E-state index is 14.2. The van der Waals surface area contributed by atoms with Crippen molar-refractivity contribution in [3.63, 3.8) is 0 Å². The largest absolute Gasteiger partial charge is 0.487 e. The van der Waals surface area contributed by atoms with E-state index in [2.05, 4.69) is 15.3 Å². The molecule has 0 amide bonds. The summed E-state index contributed by atoms with van der Waals surface area (Å²) in [5.41, 5.74) is 7.24. The van der Waals surface area contributed by atoms with Crippen LogP contribution in [0.4, 0.5) is 14.6 Å². The number of nitrogens with one attached hydrogen (secondary N) is 1. The zero-order valence-electron chi connectivity index (χ0n) is 15.9. The number of aromatic nitrogens is 3. The van der Waals surface area contributed by atoms with Crippen LogP contribution in [0, 0.1) is 11.6 Å². The van der Waals surface area contributed by atoms with E-state index < -0.39 is 36.0 Å². The topological polar surface area (TPSA) is 118 Å². The Bertz CT molecular complexity index is 1120. The fourth-order valence-electron chi connectivity index (χ4n) is 4.46. The number of fused-ring (bicyclic) bond motifs is 2. The molecule has 1 aliphatic heterocycles. The third-order valence-corrected chi connectivity index (χ3v) is 6.02. The average Bonchev–Trinajstić information content (AvgIpc) is 3.29. The maximum Gasteiger partial charge on any atom is 0.162 e. The molecule has 2 aliphatic rings. The second-order valence-electron chi connectivity index (χ2n) is 7.71. The van der Waals surface area contributed by atoms with Gasteiger partial charge in [-0.3, -0.25) is 0 Å². The molecule has 5 rings (SSSR count). The number of anilines is 1. The molecule has 2 unspecified atom stereocenters. The number of nitrogen functional groups attached to an aromatic ring is 1. The van der Waals surface area contributed by atoms with E-state index in [1.54, 1.807) is 16.8 Å². The molecular weight excluding hydrogens is 396 g/mol. The normalized spacial score (nSPS) is 26.1. The molecule has 1 fully saturated rings. The number of benzene rings is 1. The summed E-state index contributed by atoms with van der Waals surface area (Å²) >= 11 is 0. The number of hydrogen-bond acceptors (Lipinski definition) is 7. The van der Waals surface area contributed by atoms with Gasteiger partial charge >= 0.3 is 0 Å². The van der Waals surface area contributed by atoms with Gasteiger partial charge in [-0.2, -0.15) is 0 Å². The highest BCUT2D eigenvalue weighted by Gasteiger charge is 2.45. The molecule has 5 N–H and O–H groups in total. The lowest BCUT2D eigenvalue weighted by Crippen LogP contribution is -2.35. The number of aliphatic hydroxyl groups excluding tert-OH is 2. The molecule has 2 aromatic heterocycles. The summed E-state index contributed by atoms with van der Waals surface area (Å²) in [5.74, 6) is -1.35. The predicted molar refractivity (Wildman–Crippen MR) is 104 cm³/mol. The summed E-state index contributed by atoms with van der Waals surface area (Å²) in [6.07, 6.45) is 0.495. The van der Waals surface area contributed by atoms with Crippen molar-refractivity contribution >= 4 is 16.9 Å². The molecule has 0 saturated heterocycles. The summed E-state index contributed by atoms with van der Waals surface area (Å²) in [7, 11) is 0. The first-order valence-corrected chi connectivity index (χ1v) is 9.76. The van der Waals surface area contributed by atoms with Crippen LogP contribution < -0.4 is 15.8 Å². The van der Waals surface area contributed by atoms with Crippen molar-refractivity contribution in [1.82, 2.24) is 19.9 Å². The van der Waals surface area contributed by atoms with Gasteiger partial charge in [-0.1, -0.05) is 0 Å². The minimum atomic E-state index is -1.22. The van der Waals surface area contributed by atoms with E-state index in [4.69, 9.17) is 10.5 Å². The van der Waals surface area contributed by atoms with E-state index in [1.807, 2.05) is 0 Å². The predicted octanol–water partition coefficient (Wildman–Crippen LogP) is 1.05. The maximum absolute atomic E-state index is 14.2. The number of rotatable bonds is 3. The molecule has 4 atom stereocenters. The molecule has 8 nitrogen and oxygen atoms in total. The van der Waals surface area contributed by atoms with Gasteiger partial charge in [-0.15, -0.1) is 0 Å². The third-order valence-electron chi connectivity index (χ3n) is 6.02. The highest BCUT2D eigenvalue weighted by molar-refractivity contribution is 5.86. The minimum Gasteiger partial charge on any atom is -0.487 e. The van der Waals surface area contributed by atoms with Crippen LogP contribution in [-0.4, -0.2) is 49.6 Å². The Morgan fingerprint density at radius 2 is 2.03 bits per heavy atom. The van der Waals surface area contributed by atoms with Gasteiger partial charge < -0.3 is 30.6 Å². The molecule has 3 aromatic rings. The molecule has 30 heavy (non-hydrogen) atoms. The average molecular weight is 417 g/mol. The Kier molecular flexibility index (Phi) is 4.57. The third kappa shape index (κ3) is 2.91. The summed E-state index contributed by atoms with van der Waals surface area (Å²) in [4.78, 5) is 8.19. The first-order chi connectivity index (χ1) is 14.5. The molecule has 1 aliphatic carbocycles. The molecule has 1 saturated carbocycles. The Hall–Kier alpha value is -2.82. The van der Waals surface area contributed by atoms with Crippen LogP contribution >= 0.6 is 0 Å². The standard InChI is InChI=1S/C20H21F2N5O3/c21-12-5-14(11-7-24-3-1-9(11)16(12)22)30-15-6-13(17(28)18(15)29)27-4-2-10-19(23)25-8-26-20(10)27/h2,4-5,8,13,15,17-18,24,28-29H,1,3,6-7H2,(H2,23,25,26)/t13?,15?,17-,18+/m0/s1. The molecule has 3 heterocycles. The first kappa shape index (κ1) is 19.2. The Morgan fingerprint density at radius 3 is 2.87 bits per heavy atom. The lowest BCUT2D eigenvalue weighted by molar-refractivity contribution is -0.0167. The molecule has 0 radical (unpaired) electrons. The van der Waals surface area contributed by atoms with Gasteiger partial charge in [-0.05, 0) is 19.0 Å². The van der Waals surface area contributed by atoms with Crippen molar-refractivity contribution in [2.45, 2.75) is 43.7 Å². The number of nitrogens with zero attached hydrogens (tertiary/aromatic N) is 3. The summed E-state index contributed by atoms with van der Waals surface area (Å²) < 4.78 is 35.9. The highest BCUT2D eigenvalue weighted by Crippen LogP contribution is 2.38. The van der Waals surface area contributed by atoms with Gasteiger partial charge in [0.25, 0.3) is 0 Å². The van der Waals surface area contributed by atoms with Gasteiger partial charge in [0, 0.05) is 36.4 Å². The molecule has 10 heteroatoms. The van der Waals surface area contributed by atoms with E-state index in [0.29, 0.717) is 41.9 Å². The van der Waals surface area contributed by atoms with Gasteiger partial charge in [-0.25, -0.2) is 18.7 Å². The number of ether oxygens (including phenoxy) is 1. The minimum absolute atomic E-state index is 0.178. The zero-order chi connectivity index (χ0) is 21.0. The zero-order valence-corrected chi connectivity index (χ0v) is 15.9. The van der Waals surface area contributed by atoms with Crippen LogP contribution in [0.1, 0.15) is 23.6 Å². The van der Waals surface area contributed by atoms with Crippen molar-refractivity contribution in [3.05, 3.63) is 47.4 Å². The number of nitrogens with two attached hydrogens (primary N) is 1. The van der Waals surface area contributed by atoms with Crippen molar-refractivity contribution in [1.29, 1.82) is 0 Å². The lowest BCUT2D eigenvalue weighted by atomic mass is 9.99. The van der Waals surface area contributed by atoms with Crippen molar-refractivity contribution < 1.29 is 23.7 Å². The molecule has 0 bridgehead atoms. The van der Waals surface area contributed by atoms with E-state index >= 15 is 0 Å². The first-order valence-electron chi connectivity index (χ1n) is 9.76. The van der Waals surface area contributed by atoms with Gasteiger partial charge in [0.15, 0.2) is 11.6 Å². The molecule has 158 valence electrons. The monoisotopic (exact) mass is 417 g/mol. The van der Waals surface area contributed by atoms with Crippen molar-refractivity contribution in [2.24, 2.45) is 0 Å². The van der Waals surface area contributed by atoms with Crippen LogP contribution in [0.5, 0.6) is 5.75 Å². The summed E-state index contributed by atoms with van der Waals surface area (Å²) in [6.45, 7) is 0.889. The van der Waals surface area contributed by atoms with Crippen LogP contribution in [0.25, 0.3) is 11.0 Å². The fraction of sp³-hybridized carbons (Fsp3) is 0.400. The smallest absolute Gasteiger partial charge is 0.162 e. The van der Waals surface area contributed by atoms with Crippen LogP contribution in [-0.2, 0) is 13.0 Å². The van der Waals surface area contributed by atoms with Crippen LogP contribution in [0.2, 0.25) is 0 Å². The van der Waals surface area contributed by atoms with Crippen LogP contribution in [0.3, 0.4) is 0 Å². The van der Waals surface area contributed by atoms with Crippen molar-refractivity contribution in [2.75, 3.05) is 12.3 Å². The summed E-state index contributed by atoms with van der Waals surface area (Å²) in [6, 6.07) is 2.22. The van der Waals surface area contributed by atoms with Gasteiger partial charge in [0.2, 0.25) is 0 Å². The highest BCUT2D eigenvalue weighted by atomic mass is 19.2. The van der Waals surface area contributed by atoms with E-state index in [-0.39, 0.29) is 17.7 Å². The summed E-state index contributed by atoms with van der Waals surface area (Å²) in [5, 5.41) is 25.0. The van der Waals surface area contributed by atoms with Gasteiger partial charge in [0.05, 0.1) is 11.4 Å². The second-order valence-corrected chi connectivity index (χ2v) is 7.71. The Labute approximate surface area is 170 Å². The van der Waals surface area contributed by atoms with Crippen LogP contribution in [0.15, 0.2) is 24.7 Å². The Morgan fingerprint density at radius 1 is 1.20 bits per heavy atom. The van der Waals surface area contributed by atoms with Gasteiger partial charge in [0.1, 0.15) is 41.9 Å². The number of hydrogen-bond donors (Lipinski definition) is 4. The quantitative estimate of drug-likeness (QED) is 0.503. The SMILES string of the molecule is Nc1ncnc2c1ccn2C1CC(Oc2cc(F)c(F)c3c2CNCC3)[C@@H](O)[C@H]1O.